The highest BCUT2D eigenvalue weighted by Crippen LogP contribution is 2.22. The van der Waals surface area contributed by atoms with Gasteiger partial charge in [0.05, 0.1) is 13.2 Å². The van der Waals surface area contributed by atoms with Crippen LogP contribution < -0.4 is 10.1 Å². The lowest BCUT2D eigenvalue weighted by atomic mass is 10.1. The summed E-state index contributed by atoms with van der Waals surface area (Å²) in [5.74, 6) is 0.641. The summed E-state index contributed by atoms with van der Waals surface area (Å²) in [6.07, 6.45) is 1.40. The molecule has 28 heavy (non-hydrogen) atoms. The molecule has 0 fully saturated rings. The molecule has 1 heterocycles. The first-order chi connectivity index (χ1) is 13.6. The first-order valence-corrected chi connectivity index (χ1v) is 9.07. The molecular weight excluding hydrogens is 361 g/mol. The Hall–Kier alpha value is -3.22. The average Bonchev–Trinajstić information content (AvgIpc) is 3.17. The highest BCUT2D eigenvalue weighted by molar-refractivity contribution is 5.76. The third-order valence-electron chi connectivity index (χ3n) is 4.35. The van der Waals surface area contributed by atoms with Gasteiger partial charge in [-0.15, -0.1) is 0 Å². The van der Waals surface area contributed by atoms with E-state index in [0.717, 1.165) is 5.56 Å². The van der Waals surface area contributed by atoms with E-state index >= 15 is 0 Å². The molecule has 1 amide bonds. The number of hydrogen-bond donors (Lipinski definition) is 1. The van der Waals surface area contributed by atoms with Crippen molar-refractivity contribution in [1.29, 1.82) is 0 Å². The van der Waals surface area contributed by atoms with Gasteiger partial charge in [0.2, 0.25) is 17.6 Å². The van der Waals surface area contributed by atoms with Crippen LogP contribution in [0.2, 0.25) is 0 Å². The number of rotatable bonds is 8. The molecule has 0 bridgehead atoms. The molecule has 3 aromatic rings. The number of carbonyl (C=O) groups is 1. The maximum Gasteiger partial charge on any atom is 0.226 e. The smallest absolute Gasteiger partial charge is 0.226 e. The number of hydrogen-bond acceptors (Lipinski definition) is 5. The standard InChI is InChI=1S/C21H22FN3O3/c1-14(16-11-12-18(27-2)17(22)13-16)23-19(26)9-6-10-20-24-21(25-28-20)15-7-4-3-5-8-15/h3-5,7-8,11-14H,6,9-10H2,1-2H3,(H,23,26). The number of aryl methyl sites for hydroxylation is 1. The minimum absolute atomic E-state index is 0.119. The number of nitrogens with zero attached hydrogens (tertiary/aromatic N) is 2. The molecule has 3 rings (SSSR count). The maximum absolute atomic E-state index is 13.8. The van der Waals surface area contributed by atoms with Crippen molar-refractivity contribution in [3.05, 3.63) is 65.8 Å². The monoisotopic (exact) mass is 383 g/mol. The Bertz CT molecular complexity index is 928. The summed E-state index contributed by atoms with van der Waals surface area (Å²) in [5, 5.41) is 6.83. The highest BCUT2D eigenvalue weighted by atomic mass is 19.1. The molecule has 0 aliphatic carbocycles. The molecule has 0 radical (unpaired) electrons. The lowest BCUT2D eigenvalue weighted by Gasteiger charge is -2.15. The van der Waals surface area contributed by atoms with Crippen LogP contribution in [0.15, 0.2) is 53.1 Å². The van der Waals surface area contributed by atoms with Crippen molar-refractivity contribution in [3.63, 3.8) is 0 Å². The molecule has 1 aromatic heterocycles. The largest absolute Gasteiger partial charge is 0.494 e. The van der Waals surface area contributed by atoms with Gasteiger partial charge < -0.3 is 14.6 Å². The molecule has 0 saturated heterocycles. The van der Waals surface area contributed by atoms with Gasteiger partial charge in [-0.1, -0.05) is 41.6 Å². The fourth-order valence-electron chi connectivity index (χ4n) is 2.81. The third kappa shape index (κ3) is 4.94. The summed E-state index contributed by atoms with van der Waals surface area (Å²) in [4.78, 5) is 16.5. The summed E-state index contributed by atoms with van der Waals surface area (Å²) in [5.41, 5.74) is 1.56. The minimum Gasteiger partial charge on any atom is -0.494 e. The van der Waals surface area contributed by atoms with Crippen LogP contribution in [0.5, 0.6) is 5.75 Å². The first kappa shape index (κ1) is 19.5. The number of benzene rings is 2. The van der Waals surface area contributed by atoms with Crippen molar-refractivity contribution in [2.45, 2.75) is 32.2 Å². The molecule has 0 aliphatic heterocycles. The number of nitrogens with one attached hydrogen (secondary N) is 1. The van der Waals surface area contributed by atoms with E-state index in [1.54, 1.807) is 12.1 Å². The number of carbonyl (C=O) groups excluding carboxylic acids is 1. The summed E-state index contributed by atoms with van der Waals surface area (Å²) < 4.78 is 23.9. The van der Waals surface area contributed by atoms with E-state index in [1.807, 2.05) is 37.3 Å². The number of ether oxygens (including phenoxy) is 1. The fraction of sp³-hybridized carbons (Fsp3) is 0.286. The molecule has 1 atom stereocenters. The molecule has 2 aromatic carbocycles. The van der Waals surface area contributed by atoms with Crippen LogP contribution in [0, 0.1) is 5.82 Å². The van der Waals surface area contributed by atoms with E-state index in [9.17, 15) is 9.18 Å². The van der Waals surface area contributed by atoms with Crippen molar-refractivity contribution in [1.82, 2.24) is 15.5 Å². The number of halogens is 1. The van der Waals surface area contributed by atoms with Gasteiger partial charge in [0, 0.05) is 18.4 Å². The second kappa shape index (κ2) is 9.12. The molecule has 0 aliphatic rings. The molecule has 1 N–H and O–H groups in total. The number of amides is 1. The van der Waals surface area contributed by atoms with E-state index in [2.05, 4.69) is 15.5 Å². The van der Waals surface area contributed by atoms with Crippen LogP contribution in [0.4, 0.5) is 4.39 Å². The Kier molecular flexibility index (Phi) is 6.37. The van der Waals surface area contributed by atoms with Crippen molar-refractivity contribution in [2.24, 2.45) is 0 Å². The predicted molar refractivity (Wildman–Crippen MR) is 102 cm³/mol. The molecule has 6 nitrogen and oxygen atoms in total. The summed E-state index contributed by atoms with van der Waals surface area (Å²) >= 11 is 0. The van der Waals surface area contributed by atoms with Crippen LogP contribution in [-0.2, 0) is 11.2 Å². The van der Waals surface area contributed by atoms with Gasteiger partial charge in [0.25, 0.3) is 0 Å². The Morgan fingerprint density at radius 3 is 2.75 bits per heavy atom. The average molecular weight is 383 g/mol. The van der Waals surface area contributed by atoms with Crippen molar-refractivity contribution < 1.29 is 18.4 Å². The quantitative estimate of drug-likeness (QED) is 0.634. The van der Waals surface area contributed by atoms with Gasteiger partial charge in [-0.05, 0) is 31.0 Å². The van der Waals surface area contributed by atoms with Gasteiger partial charge in [0.15, 0.2) is 11.6 Å². The third-order valence-corrected chi connectivity index (χ3v) is 4.35. The van der Waals surface area contributed by atoms with E-state index in [-0.39, 0.29) is 17.7 Å². The molecule has 146 valence electrons. The van der Waals surface area contributed by atoms with Crippen LogP contribution >= 0.6 is 0 Å². The Balaban J connectivity index is 1.47. The molecule has 0 spiro atoms. The topological polar surface area (TPSA) is 77.2 Å². The summed E-state index contributed by atoms with van der Waals surface area (Å²) in [7, 11) is 1.41. The van der Waals surface area contributed by atoms with E-state index in [4.69, 9.17) is 9.26 Å². The first-order valence-electron chi connectivity index (χ1n) is 9.07. The Morgan fingerprint density at radius 2 is 2.04 bits per heavy atom. The summed E-state index contributed by atoms with van der Waals surface area (Å²) in [6, 6.07) is 13.9. The number of methoxy groups -OCH3 is 1. The van der Waals surface area contributed by atoms with Crippen molar-refractivity contribution in [3.8, 4) is 17.1 Å². The zero-order valence-corrected chi connectivity index (χ0v) is 15.8. The van der Waals surface area contributed by atoms with E-state index < -0.39 is 5.82 Å². The van der Waals surface area contributed by atoms with Crippen LogP contribution in [0.3, 0.4) is 0 Å². The van der Waals surface area contributed by atoms with E-state index in [1.165, 1.54) is 13.2 Å². The van der Waals surface area contributed by atoms with Gasteiger partial charge >= 0.3 is 0 Å². The van der Waals surface area contributed by atoms with Crippen LogP contribution in [-0.4, -0.2) is 23.2 Å². The SMILES string of the molecule is COc1ccc(C(C)NC(=O)CCCc2nc(-c3ccccc3)no2)cc1F. The molecule has 7 heteroatoms. The molecule has 1 unspecified atom stereocenters. The predicted octanol–water partition coefficient (Wildman–Crippen LogP) is 4.08. The zero-order chi connectivity index (χ0) is 19.9. The normalized spacial score (nSPS) is 11.8. The molecule has 0 saturated carbocycles. The van der Waals surface area contributed by atoms with Crippen LogP contribution in [0.25, 0.3) is 11.4 Å². The van der Waals surface area contributed by atoms with Gasteiger partial charge in [-0.25, -0.2) is 4.39 Å². The van der Waals surface area contributed by atoms with Gasteiger partial charge in [-0.3, -0.25) is 4.79 Å². The van der Waals surface area contributed by atoms with Crippen molar-refractivity contribution in [2.75, 3.05) is 7.11 Å². The highest BCUT2D eigenvalue weighted by Gasteiger charge is 2.13. The number of aromatic nitrogens is 2. The lowest BCUT2D eigenvalue weighted by Crippen LogP contribution is -2.26. The minimum atomic E-state index is -0.452. The second-order valence-corrected chi connectivity index (χ2v) is 6.41. The lowest BCUT2D eigenvalue weighted by molar-refractivity contribution is -0.121. The van der Waals surface area contributed by atoms with E-state index in [0.29, 0.717) is 36.5 Å². The second-order valence-electron chi connectivity index (χ2n) is 6.41. The summed E-state index contributed by atoms with van der Waals surface area (Å²) in [6.45, 7) is 1.81. The Morgan fingerprint density at radius 1 is 1.25 bits per heavy atom. The fourth-order valence-corrected chi connectivity index (χ4v) is 2.81. The van der Waals surface area contributed by atoms with Gasteiger partial charge in [0.1, 0.15) is 0 Å². The van der Waals surface area contributed by atoms with Crippen LogP contribution in [0.1, 0.15) is 37.3 Å². The van der Waals surface area contributed by atoms with Gasteiger partial charge in [-0.2, -0.15) is 4.98 Å². The maximum atomic E-state index is 13.8. The zero-order valence-electron chi connectivity index (χ0n) is 15.8. The van der Waals surface area contributed by atoms with Crippen molar-refractivity contribution >= 4 is 5.91 Å². The Labute approximate surface area is 162 Å². The molecular formula is C21H22FN3O3.